The number of carbonyl (C=O) groups excluding carboxylic acids is 4. The highest BCUT2D eigenvalue weighted by Crippen LogP contribution is 2.45. The maximum absolute atomic E-state index is 13.0. The Balaban J connectivity index is 5.24. The highest BCUT2D eigenvalue weighted by molar-refractivity contribution is 7.47. The van der Waals surface area contributed by atoms with Gasteiger partial charge in [-0.2, -0.15) is 0 Å². The number of hydrogen-bond acceptors (Lipinski definition) is 15. The summed E-state index contributed by atoms with van der Waals surface area (Å²) >= 11 is 0. The fraction of sp³-hybridized carbons (Fsp3) is 0.943. The van der Waals surface area contributed by atoms with Crippen molar-refractivity contribution in [3.63, 3.8) is 0 Å². The number of esters is 4. The Morgan fingerprint density at radius 3 is 0.798 bits per heavy atom. The number of phosphoric acid groups is 2. The molecule has 3 N–H and O–H groups in total. The van der Waals surface area contributed by atoms with Crippen LogP contribution in [0, 0.1) is 23.7 Å². The average molecular weight is 1310 g/mol. The van der Waals surface area contributed by atoms with Crippen molar-refractivity contribution in [3.8, 4) is 0 Å². The lowest BCUT2D eigenvalue weighted by Gasteiger charge is -2.21. The van der Waals surface area contributed by atoms with Gasteiger partial charge < -0.3 is 33.8 Å². The van der Waals surface area contributed by atoms with Crippen LogP contribution in [0.15, 0.2) is 0 Å². The molecular formula is C70H136O17P2. The van der Waals surface area contributed by atoms with Gasteiger partial charge in [0.2, 0.25) is 0 Å². The molecule has 0 aliphatic carbocycles. The Kier molecular flexibility index (Phi) is 58.5. The molecule has 17 nitrogen and oxygen atoms in total. The molecule has 0 heterocycles. The van der Waals surface area contributed by atoms with E-state index in [2.05, 4.69) is 55.4 Å². The van der Waals surface area contributed by atoms with Crippen molar-refractivity contribution < 1.29 is 80.2 Å². The molecule has 89 heavy (non-hydrogen) atoms. The van der Waals surface area contributed by atoms with Gasteiger partial charge in [0.15, 0.2) is 12.2 Å². The summed E-state index contributed by atoms with van der Waals surface area (Å²) in [6.45, 7) is 14.1. The number of unbranched alkanes of at least 4 members (excludes halogenated alkanes) is 31. The van der Waals surface area contributed by atoms with Gasteiger partial charge in [0.05, 0.1) is 26.4 Å². The smallest absolute Gasteiger partial charge is 0.462 e. The summed E-state index contributed by atoms with van der Waals surface area (Å²) < 4.78 is 68.3. The minimum Gasteiger partial charge on any atom is -0.462 e. The van der Waals surface area contributed by atoms with Crippen LogP contribution in [0.2, 0.25) is 0 Å². The third-order valence-corrected chi connectivity index (χ3v) is 18.7. The maximum atomic E-state index is 13.0. The van der Waals surface area contributed by atoms with Crippen molar-refractivity contribution in [1.29, 1.82) is 0 Å². The number of aliphatic hydroxyl groups excluding tert-OH is 1. The lowest BCUT2D eigenvalue weighted by atomic mass is 9.99. The standard InChI is InChI=1S/C70H136O17P2/c1-9-62(7)48-40-32-24-19-20-26-37-45-53-70(75)87-66(57-81-68(73)51-43-35-29-28-33-41-49-63(8)10-2)59-85-89(78,79)83-55-64(71)54-82-88(76,77)84-58-65(56-80-67(72)50-42-34-27-21-23-31-39-47-61(5)6)86-69(74)52-44-36-25-18-16-14-12-11-13-15-17-22-30-38-46-60(3)4/h60-66,71H,9-59H2,1-8H3,(H,76,77)(H,78,79)/t62?,63?,64-,65-,66-/m1/s1. The Labute approximate surface area is 543 Å². The van der Waals surface area contributed by atoms with Crippen molar-refractivity contribution >= 4 is 39.5 Å². The SMILES string of the molecule is CCC(C)CCCCCCCCCCC(=O)O[C@H](COC(=O)CCCCCCCCC(C)CC)COP(=O)(O)OC[C@H](O)COP(=O)(O)OC[C@@H](COC(=O)CCCCCCCCCC(C)C)OC(=O)CCCCCCCCCCCCCCCCC(C)C. The number of ether oxygens (including phenoxy) is 4. The first-order chi connectivity index (χ1) is 42.7. The highest BCUT2D eigenvalue weighted by atomic mass is 31.2. The minimum absolute atomic E-state index is 0.103. The number of hydrogen-bond donors (Lipinski definition) is 3. The number of carbonyl (C=O) groups is 4. The second-order valence-corrected chi connectivity index (χ2v) is 29.6. The van der Waals surface area contributed by atoms with Gasteiger partial charge in [-0.05, 0) is 49.4 Å². The molecule has 0 saturated heterocycles. The van der Waals surface area contributed by atoms with E-state index >= 15 is 0 Å². The van der Waals surface area contributed by atoms with E-state index in [1.807, 2.05) is 0 Å². The Bertz CT molecular complexity index is 1770. The van der Waals surface area contributed by atoms with E-state index in [-0.39, 0.29) is 25.7 Å². The number of rotatable bonds is 67. The van der Waals surface area contributed by atoms with Crippen LogP contribution in [-0.2, 0) is 65.4 Å². The van der Waals surface area contributed by atoms with E-state index in [4.69, 9.17) is 37.0 Å². The van der Waals surface area contributed by atoms with Gasteiger partial charge >= 0.3 is 39.5 Å². The second kappa shape index (κ2) is 59.8. The fourth-order valence-corrected chi connectivity index (χ4v) is 12.0. The van der Waals surface area contributed by atoms with Gasteiger partial charge in [-0.15, -0.1) is 0 Å². The molecule has 0 bridgehead atoms. The molecule has 0 rings (SSSR count). The summed E-state index contributed by atoms with van der Waals surface area (Å²) in [5.74, 6) is 0.868. The van der Waals surface area contributed by atoms with Crippen LogP contribution < -0.4 is 0 Å². The van der Waals surface area contributed by atoms with E-state index in [9.17, 15) is 43.2 Å². The van der Waals surface area contributed by atoms with E-state index < -0.39 is 97.5 Å². The van der Waals surface area contributed by atoms with Crippen LogP contribution in [0.3, 0.4) is 0 Å². The molecule has 0 amide bonds. The molecule has 0 spiro atoms. The van der Waals surface area contributed by atoms with Crippen molar-refractivity contribution in [2.24, 2.45) is 23.7 Å². The third-order valence-electron chi connectivity index (χ3n) is 16.8. The first kappa shape index (κ1) is 87.1. The summed E-state index contributed by atoms with van der Waals surface area (Å²) in [5.41, 5.74) is 0. The molecule has 0 aromatic carbocycles. The number of phosphoric ester groups is 2. The van der Waals surface area contributed by atoms with Crippen molar-refractivity contribution in [3.05, 3.63) is 0 Å². The van der Waals surface area contributed by atoms with E-state index in [0.29, 0.717) is 31.6 Å². The van der Waals surface area contributed by atoms with Gasteiger partial charge in [-0.25, -0.2) is 9.13 Å². The summed E-state index contributed by atoms with van der Waals surface area (Å²) in [5, 5.41) is 10.6. The van der Waals surface area contributed by atoms with E-state index in [1.54, 1.807) is 0 Å². The van der Waals surface area contributed by atoms with Gasteiger partial charge in [0.25, 0.3) is 0 Å². The Hall–Kier alpha value is -1.94. The molecule has 0 aromatic heterocycles. The van der Waals surface area contributed by atoms with Crippen molar-refractivity contribution in [2.75, 3.05) is 39.6 Å². The first-order valence-corrected chi connectivity index (χ1v) is 39.3. The predicted octanol–water partition coefficient (Wildman–Crippen LogP) is 19.7. The zero-order chi connectivity index (χ0) is 66.1. The molecule has 19 heteroatoms. The van der Waals surface area contributed by atoms with Crippen molar-refractivity contribution in [2.45, 2.75) is 363 Å². The Morgan fingerprint density at radius 1 is 0.315 bits per heavy atom. The van der Waals surface area contributed by atoms with Gasteiger partial charge in [0, 0.05) is 25.7 Å². The van der Waals surface area contributed by atoms with Gasteiger partial charge in [0.1, 0.15) is 19.3 Å². The third kappa shape index (κ3) is 62.0. The quantitative estimate of drug-likeness (QED) is 0.0222. The van der Waals surface area contributed by atoms with Gasteiger partial charge in [-0.1, -0.05) is 293 Å². The summed E-state index contributed by atoms with van der Waals surface area (Å²) in [6.07, 6.45) is 41.7. The number of aliphatic hydroxyl groups is 1. The molecule has 0 saturated carbocycles. The van der Waals surface area contributed by atoms with Crippen LogP contribution in [-0.4, -0.2) is 96.7 Å². The molecule has 4 unspecified atom stereocenters. The Morgan fingerprint density at radius 2 is 0.539 bits per heavy atom. The molecular weight excluding hydrogens is 1170 g/mol. The summed E-state index contributed by atoms with van der Waals surface area (Å²) in [4.78, 5) is 72.5. The second-order valence-electron chi connectivity index (χ2n) is 26.7. The van der Waals surface area contributed by atoms with Crippen LogP contribution >= 0.6 is 15.6 Å². The molecule has 0 aliphatic rings. The maximum Gasteiger partial charge on any atom is 0.472 e. The van der Waals surface area contributed by atoms with E-state index in [1.165, 1.54) is 135 Å². The molecule has 7 atom stereocenters. The molecule has 528 valence electrons. The summed E-state index contributed by atoms with van der Waals surface area (Å²) in [7, 11) is -9.90. The topological polar surface area (TPSA) is 237 Å². The largest absolute Gasteiger partial charge is 0.472 e. The molecule has 0 aliphatic heterocycles. The lowest BCUT2D eigenvalue weighted by molar-refractivity contribution is -0.161. The van der Waals surface area contributed by atoms with Crippen molar-refractivity contribution in [1.82, 2.24) is 0 Å². The molecule has 0 fully saturated rings. The normalized spacial score (nSPS) is 14.9. The average Bonchev–Trinajstić information content (AvgIpc) is 3.69. The van der Waals surface area contributed by atoms with Crippen LogP contribution in [0.5, 0.6) is 0 Å². The zero-order valence-corrected chi connectivity index (χ0v) is 59.8. The van der Waals surface area contributed by atoms with E-state index in [0.717, 1.165) is 120 Å². The van der Waals surface area contributed by atoms with Gasteiger partial charge in [-0.3, -0.25) is 37.3 Å². The summed E-state index contributed by atoms with van der Waals surface area (Å²) in [6, 6.07) is 0. The minimum atomic E-state index is -4.95. The monoisotopic (exact) mass is 1310 g/mol. The molecule has 0 aromatic rings. The predicted molar refractivity (Wildman–Crippen MR) is 358 cm³/mol. The highest BCUT2D eigenvalue weighted by Gasteiger charge is 2.30. The zero-order valence-electron chi connectivity index (χ0n) is 58.1. The fourth-order valence-electron chi connectivity index (χ4n) is 10.4. The first-order valence-electron chi connectivity index (χ1n) is 36.3. The molecule has 0 radical (unpaired) electrons. The van der Waals surface area contributed by atoms with Crippen LogP contribution in [0.1, 0.15) is 344 Å². The van der Waals surface area contributed by atoms with Crippen LogP contribution in [0.4, 0.5) is 0 Å². The van der Waals surface area contributed by atoms with Crippen LogP contribution in [0.25, 0.3) is 0 Å². The lowest BCUT2D eigenvalue weighted by Crippen LogP contribution is -2.30.